The number of hydrogen-bond acceptors (Lipinski definition) is 3. The Balaban J connectivity index is 1.96. The van der Waals surface area contributed by atoms with E-state index in [2.05, 4.69) is 5.32 Å². The average Bonchev–Trinajstić information content (AvgIpc) is 2.59. The second kappa shape index (κ2) is 8.99. The predicted octanol–water partition coefficient (Wildman–Crippen LogP) is 3.22. The van der Waals surface area contributed by atoms with Gasteiger partial charge in [-0.2, -0.15) is 0 Å². The van der Waals surface area contributed by atoms with E-state index in [1.165, 1.54) is 6.92 Å². The highest BCUT2D eigenvalue weighted by Crippen LogP contribution is 2.25. The van der Waals surface area contributed by atoms with Crippen LogP contribution in [-0.2, 0) is 17.8 Å². The molecule has 0 bridgehead atoms. The Hall–Kier alpha value is -1.88. The molecule has 1 unspecified atom stereocenters. The van der Waals surface area contributed by atoms with Crippen molar-refractivity contribution in [2.75, 3.05) is 0 Å². The molecule has 25 heavy (non-hydrogen) atoms. The Kier molecular flexibility index (Phi) is 7.00. The van der Waals surface area contributed by atoms with Crippen molar-refractivity contribution >= 4 is 17.5 Å². The largest absolute Gasteiger partial charge is 0.387 e. The molecule has 0 aliphatic heterocycles. The molecule has 3 atom stereocenters. The smallest absolute Gasteiger partial charge is 0.217 e. The van der Waals surface area contributed by atoms with Gasteiger partial charge in [0.25, 0.3) is 0 Å². The molecule has 0 saturated heterocycles. The summed E-state index contributed by atoms with van der Waals surface area (Å²) in [6.07, 6.45) is 0.00638. The summed E-state index contributed by atoms with van der Waals surface area (Å²) >= 11 is 5.98. The lowest BCUT2D eigenvalue weighted by atomic mass is 9.88. The van der Waals surface area contributed by atoms with Crippen molar-refractivity contribution < 1.29 is 9.90 Å². The van der Waals surface area contributed by atoms with E-state index < -0.39 is 12.1 Å². The maximum atomic E-state index is 10.9. The Morgan fingerprint density at radius 2 is 1.84 bits per heavy atom. The number of aliphatic hydroxyl groups is 1. The first kappa shape index (κ1) is 19.4. The molecule has 134 valence electrons. The number of nitrogens with one attached hydrogen (secondary N) is 1. The fourth-order valence-electron chi connectivity index (χ4n) is 2.75. The van der Waals surface area contributed by atoms with E-state index >= 15 is 0 Å². The fourth-order valence-corrected chi connectivity index (χ4v) is 2.95. The molecule has 2 aromatic carbocycles. The number of nitrogens with two attached hydrogens (primary N) is 1. The summed E-state index contributed by atoms with van der Waals surface area (Å²) in [4.78, 5) is 10.9. The third-order valence-electron chi connectivity index (χ3n) is 4.33. The highest BCUT2D eigenvalue weighted by molar-refractivity contribution is 6.30. The van der Waals surface area contributed by atoms with Crippen LogP contribution in [-0.4, -0.2) is 17.1 Å². The molecule has 0 aliphatic rings. The molecule has 0 aromatic heterocycles. The zero-order valence-electron chi connectivity index (χ0n) is 14.6. The number of halogens is 1. The number of rotatable bonds is 7. The Labute approximate surface area is 154 Å². The lowest BCUT2D eigenvalue weighted by molar-refractivity contribution is -0.119. The van der Waals surface area contributed by atoms with Crippen molar-refractivity contribution in [2.45, 2.75) is 39.0 Å². The highest BCUT2D eigenvalue weighted by atomic mass is 35.5. The second-order valence-corrected chi connectivity index (χ2v) is 6.92. The molecule has 0 fully saturated rings. The van der Waals surface area contributed by atoms with E-state index in [0.29, 0.717) is 11.6 Å². The molecule has 4 N–H and O–H groups in total. The first-order valence-corrected chi connectivity index (χ1v) is 8.76. The van der Waals surface area contributed by atoms with Crippen molar-refractivity contribution in [3.8, 4) is 0 Å². The van der Waals surface area contributed by atoms with Gasteiger partial charge in [0.15, 0.2) is 0 Å². The van der Waals surface area contributed by atoms with Gasteiger partial charge >= 0.3 is 0 Å². The van der Waals surface area contributed by atoms with Crippen LogP contribution >= 0.6 is 11.6 Å². The average molecular weight is 361 g/mol. The third-order valence-corrected chi connectivity index (χ3v) is 4.57. The lowest BCUT2D eigenvalue weighted by Crippen LogP contribution is -2.36. The molecule has 0 heterocycles. The van der Waals surface area contributed by atoms with Crippen LogP contribution in [0.2, 0.25) is 5.02 Å². The minimum Gasteiger partial charge on any atom is -0.387 e. The number of benzene rings is 2. The SMILES string of the molecule is CC(=O)NCc1ccc(CC(C)[C@@H](N)[C@H](O)c2cccc(Cl)c2)cc1. The van der Waals surface area contributed by atoms with Crippen LogP contribution in [0.1, 0.15) is 36.6 Å². The minimum absolute atomic E-state index is 0.0429. The van der Waals surface area contributed by atoms with Crippen LogP contribution in [0.5, 0.6) is 0 Å². The van der Waals surface area contributed by atoms with Crippen LogP contribution < -0.4 is 11.1 Å². The van der Waals surface area contributed by atoms with Gasteiger partial charge < -0.3 is 16.2 Å². The predicted molar refractivity (Wildman–Crippen MR) is 101 cm³/mol. The molecule has 0 radical (unpaired) electrons. The maximum Gasteiger partial charge on any atom is 0.217 e. The molecule has 2 rings (SSSR count). The summed E-state index contributed by atoms with van der Waals surface area (Å²) in [5.41, 5.74) is 9.19. The molecule has 1 amide bonds. The van der Waals surface area contributed by atoms with Gasteiger partial charge in [-0.1, -0.05) is 54.9 Å². The van der Waals surface area contributed by atoms with Crippen LogP contribution in [0.4, 0.5) is 0 Å². The van der Waals surface area contributed by atoms with Gasteiger partial charge in [0.05, 0.1) is 6.10 Å². The van der Waals surface area contributed by atoms with Gasteiger partial charge in [0.2, 0.25) is 5.91 Å². The van der Waals surface area contributed by atoms with Gasteiger partial charge in [-0.15, -0.1) is 0 Å². The van der Waals surface area contributed by atoms with Crippen molar-refractivity contribution in [3.05, 3.63) is 70.2 Å². The zero-order chi connectivity index (χ0) is 18.4. The van der Waals surface area contributed by atoms with Gasteiger partial charge in [0, 0.05) is 24.5 Å². The summed E-state index contributed by atoms with van der Waals surface area (Å²) in [7, 11) is 0. The van der Waals surface area contributed by atoms with Gasteiger partial charge in [-0.25, -0.2) is 0 Å². The summed E-state index contributed by atoms with van der Waals surface area (Å²) in [5, 5.41) is 13.9. The third kappa shape index (κ3) is 5.85. The standard InChI is InChI=1S/C20H25ClN2O2/c1-13(19(22)20(25)17-4-3-5-18(21)11-17)10-15-6-8-16(9-7-15)12-23-14(2)24/h3-9,11,13,19-20,25H,10,12,22H2,1-2H3,(H,23,24)/t13?,19-,20-/m1/s1. The van der Waals surface area contributed by atoms with Gasteiger partial charge in [-0.3, -0.25) is 4.79 Å². The minimum atomic E-state index is -0.757. The number of carbonyl (C=O) groups excluding carboxylic acids is 1. The van der Waals surface area contributed by atoms with Crippen LogP contribution in [0, 0.1) is 5.92 Å². The van der Waals surface area contributed by atoms with Crippen LogP contribution in [0.25, 0.3) is 0 Å². The van der Waals surface area contributed by atoms with Crippen molar-refractivity contribution in [3.63, 3.8) is 0 Å². The fraction of sp³-hybridized carbons (Fsp3) is 0.350. The summed E-state index contributed by atoms with van der Waals surface area (Å²) in [6, 6.07) is 14.8. The van der Waals surface area contributed by atoms with E-state index in [-0.39, 0.29) is 11.8 Å². The summed E-state index contributed by atoms with van der Waals surface area (Å²) < 4.78 is 0. The van der Waals surface area contributed by atoms with Crippen molar-refractivity contribution in [1.82, 2.24) is 5.32 Å². The number of amides is 1. The van der Waals surface area contributed by atoms with Crippen LogP contribution in [0.3, 0.4) is 0 Å². The first-order chi connectivity index (χ1) is 11.9. The monoisotopic (exact) mass is 360 g/mol. The number of hydrogen-bond donors (Lipinski definition) is 3. The van der Waals surface area contributed by atoms with E-state index in [4.69, 9.17) is 17.3 Å². The highest BCUT2D eigenvalue weighted by Gasteiger charge is 2.23. The van der Waals surface area contributed by atoms with E-state index in [0.717, 1.165) is 23.1 Å². The Morgan fingerprint density at radius 3 is 2.44 bits per heavy atom. The molecule has 2 aromatic rings. The number of aliphatic hydroxyl groups excluding tert-OH is 1. The Bertz CT molecular complexity index is 703. The van der Waals surface area contributed by atoms with Crippen LogP contribution in [0.15, 0.2) is 48.5 Å². The zero-order valence-corrected chi connectivity index (χ0v) is 15.3. The van der Waals surface area contributed by atoms with Gasteiger partial charge in [0.1, 0.15) is 0 Å². The number of carbonyl (C=O) groups is 1. The maximum absolute atomic E-state index is 10.9. The lowest BCUT2D eigenvalue weighted by Gasteiger charge is -2.25. The van der Waals surface area contributed by atoms with Gasteiger partial charge in [-0.05, 0) is 41.2 Å². The summed E-state index contributed by atoms with van der Waals surface area (Å²) in [6.45, 7) is 4.06. The van der Waals surface area contributed by atoms with Crippen molar-refractivity contribution in [2.24, 2.45) is 11.7 Å². The summed E-state index contributed by atoms with van der Waals surface area (Å²) in [5.74, 6) is 0.0499. The van der Waals surface area contributed by atoms with E-state index in [1.54, 1.807) is 12.1 Å². The van der Waals surface area contributed by atoms with E-state index in [1.807, 2.05) is 43.3 Å². The molecule has 4 nitrogen and oxygen atoms in total. The topological polar surface area (TPSA) is 75.4 Å². The Morgan fingerprint density at radius 1 is 1.20 bits per heavy atom. The molecular formula is C20H25ClN2O2. The van der Waals surface area contributed by atoms with E-state index in [9.17, 15) is 9.90 Å². The van der Waals surface area contributed by atoms with Crippen molar-refractivity contribution in [1.29, 1.82) is 0 Å². The normalized spacial score (nSPS) is 14.6. The molecule has 5 heteroatoms. The first-order valence-electron chi connectivity index (χ1n) is 8.38. The molecular weight excluding hydrogens is 336 g/mol. The molecule has 0 saturated carbocycles. The quantitative estimate of drug-likeness (QED) is 0.709. The molecule has 0 spiro atoms. The molecule has 0 aliphatic carbocycles. The second-order valence-electron chi connectivity index (χ2n) is 6.48.